The number of hydrogen-bond acceptors (Lipinski definition) is 5. The van der Waals surface area contributed by atoms with Crippen molar-refractivity contribution in [2.24, 2.45) is 0 Å². The molecule has 33 heavy (non-hydrogen) atoms. The van der Waals surface area contributed by atoms with E-state index < -0.39 is 11.8 Å². The van der Waals surface area contributed by atoms with Gasteiger partial charge in [0.1, 0.15) is 12.4 Å². The number of nitrogens with one attached hydrogen (secondary N) is 2. The van der Waals surface area contributed by atoms with E-state index in [4.69, 9.17) is 14.2 Å². The Kier molecular flexibility index (Phi) is 8.71. The maximum absolute atomic E-state index is 12.1. The fraction of sp³-hybridized carbons (Fsp3) is 0.231. The fourth-order valence-electron chi connectivity index (χ4n) is 3.29. The number of hydrogen-bond donors (Lipinski definition) is 2. The van der Waals surface area contributed by atoms with Crippen LogP contribution in [0.15, 0.2) is 72.8 Å². The van der Waals surface area contributed by atoms with Crippen molar-refractivity contribution in [1.29, 1.82) is 0 Å². The van der Waals surface area contributed by atoms with Crippen molar-refractivity contribution in [2.75, 3.05) is 33.9 Å². The van der Waals surface area contributed by atoms with Crippen LogP contribution in [0.25, 0.3) is 11.1 Å². The highest BCUT2D eigenvalue weighted by atomic mass is 16.5. The molecule has 0 aliphatic carbocycles. The molecule has 0 radical (unpaired) electrons. The Morgan fingerprint density at radius 1 is 0.727 bits per heavy atom. The van der Waals surface area contributed by atoms with E-state index in [1.54, 1.807) is 20.3 Å². The van der Waals surface area contributed by atoms with Gasteiger partial charge in [-0.15, -0.1) is 0 Å². The molecule has 0 spiro atoms. The Bertz CT molecular complexity index is 1070. The van der Waals surface area contributed by atoms with E-state index in [1.165, 1.54) is 0 Å². The van der Waals surface area contributed by atoms with E-state index in [0.717, 1.165) is 22.4 Å². The molecular formula is C26H28N2O5. The minimum absolute atomic E-state index is 0.213. The second-order valence-electron chi connectivity index (χ2n) is 7.16. The lowest BCUT2D eigenvalue weighted by Crippen LogP contribution is -2.42. The number of rotatable bonds is 10. The van der Waals surface area contributed by atoms with Crippen molar-refractivity contribution in [2.45, 2.75) is 6.42 Å². The van der Waals surface area contributed by atoms with Crippen LogP contribution in [-0.4, -0.2) is 45.7 Å². The van der Waals surface area contributed by atoms with Crippen molar-refractivity contribution in [1.82, 2.24) is 10.6 Å². The van der Waals surface area contributed by atoms with Gasteiger partial charge < -0.3 is 24.8 Å². The molecule has 2 N–H and O–H groups in total. The largest absolute Gasteiger partial charge is 0.493 e. The Hall–Kier alpha value is -4.00. The number of amides is 2. The van der Waals surface area contributed by atoms with E-state index in [2.05, 4.69) is 10.6 Å². The van der Waals surface area contributed by atoms with Gasteiger partial charge in [-0.1, -0.05) is 54.6 Å². The first-order valence-corrected chi connectivity index (χ1v) is 10.7. The van der Waals surface area contributed by atoms with Crippen molar-refractivity contribution >= 4 is 11.8 Å². The third-order valence-electron chi connectivity index (χ3n) is 4.97. The minimum atomic E-state index is -0.692. The van der Waals surface area contributed by atoms with E-state index in [0.29, 0.717) is 24.5 Å². The molecule has 0 unspecified atom stereocenters. The number of ether oxygens (including phenoxy) is 3. The predicted octanol–water partition coefficient (Wildman–Crippen LogP) is 3.22. The molecule has 0 aromatic heterocycles. The van der Waals surface area contributed by atoms with E-state index in [1.807, 2.05) is 66.7 Å². The third-order valence-corrected chi connectivity index (χ3v) is 4.97. The zero-order chi connectivity index (χ0) is 23.5. The van der Waals surface area contributed by atoms with Gasteiger partial charge in [-0.25, -0.2) is 0 Å². The molecule has 3 aromatic rings. The van der Waals surface area contributed by atoms with Crippen molar-refractivity contribution in [3.8, 4) is 28.4 Å². The Labute approximate surface area is 193 Å². The van der Waals surface area contributed by atoms with Gasteiger partial charge in [0, 0.05) is 12.1 Å². The summed E-state index contributed by atoms with van der Waals surface area (Å²) in [6.45, 7) is 0.780. The summed E-state index contributed by atoms with van der Waals surface area (Å²) in [5.41, 5.74) is 2.97. The lowest BCUT2D eigenvalue weighted by molar-refractivity contribution is -0.139. The second kappa shape index (κ2) is 12.1. The number of methoxy groups -OCH3 is 2. The molecule has 0 saturated heterocycles. The van der Waals surface area contributed by atoms with Crippen LogP contribution in [0.2, 0.25) is 0 Å². The number of benzene rings is 3. The maximum atomic E-state index is 12.1. The van der Waals surface area contributed by atoms with Gasteiger partial charge in [0.25, 0.3) is 0 Å². The summed E-state index contributed by atoms with van der Waals surface area (Å²) in [7, 11) is 3.14. The van der Waals surface area contributed by atoms with E-state index in [9.17, 15) is 9.59 Å². The predicted molar refractivity (Wildman–Crippen MR) is 127 cm³/mol. The Morgan fingerprint density at radius 3 is 2.12 bits per heavy atom. The van der Waals surface area contributed by atoms with E-state index >= 15 is 0 Å². The van der Waals surface area contributed by atoms with Crippen LogP contribution in [0, 0.1) is 0 Å². The first-order chi connectivity index (χ1) is 16.1. The first kappa shape index (κ1) is 23.7. The normalized spacial score (nSPS) is 10.2. The Morgan fingerprint density at radius 2 is 1.39 bits per heavy atom. The highest BCUT2D eigenvalue weighted by Crippen LogP contribution is 2.29. The van der Waals surface area contributed by atoms with Gasteiger partial charge in [-0.05, 0) is 35.7 Å². The highest BCUT2D eigenvalue weighted by Gasteiger charge is 2.13. The van der Waals surface area contributed by atoms with Gasteiger partial charge in [0.15, 0.2) is 11.5 Å². The van der Waals surface area contributed by atoms with Gasteiger partial charge >= 0.3 is 11.8 Å². The Balaban J connectivity index is 1.41. The zero-order valence-corrected chi connectivity index (χ0v) is 18.8. The van der Waals surface area contributed by atoms with Gasteiger partial charge in [0.05, 0.1) is 20.8 Å². The van der Waals surface area contributed by atoms with E-state index in [-0.39, 0.29) is 13.2 Å². The summed E-state index contributed by atoms with van der Waals surface area (Å²) in [5.74, 6) is 0.603. The number of para-hydroxylation sites is 1. The van der Waals surface area contributed by atoms with Crippen LogP contribution >= 0.6 is 0 Å². The molecule has 0 atom stereocenters. The summed E-state index contributed by atoms with van der Waals surface area (Å²) in [4.78, 5) is 24.1. The highest BCUT2D eigenvalue weighted by molar-refractivity contribution is 6.35. The lowest BCUT2D eigenvalue weighted by Gasteiger charge is -2.12. The molecule has 0 heterocycles. The summed E-state index contributed by atoms with van der Waals surface area (Å²) in [6.07, 6.45) is 0.554. The van der Waals surface area contributed by atoms with Crippen LogP contribution in [-0.2, 0) is 16.0 Å². The second-order valence-corrected chi connectivity index (χ2v) is 7.16. The van der Waals surface area contributed by atoms with Crippen LogP contribution < -0.4 is 24.8 Å². The molecule has 172 valence electrons. The molecule has 7 nitrogen and oxygen atoms in total. The maximum Gasteiger partial charge on any atom is 0.309 e. The van der Waals surface area contributed by atoms with Crippen LogP contribution in [0.4, 0.5) is 0 Å². The van der Waals surface area contributed by atoms with Crippen molar-refractivity contribution < 1.29 is 23.8 Å². The lowest BCUT2D eigenvalue weighted by atomic mass is 10.1. The summed E-state index contributed by atoms with van der Waals surface area (Å²) in [5, 5.41) is 5.20. The molecule has 0 saturated carbocycles. The standard InChI is InChI=1S/C26H28N2O5/c1-31-23-13-12-19(18-24(23)32-2)14-15-27-25(29)26(30)28-16-17-33-22-11-7-6-10-21(22)20-8-4-3-5-9-20/h3-13,18H,14-17H2,1-2H3,(H,27,29)(H,28,30). The van der Waals surface area contributed by atoms with Gasteiger partial charge in [0.2, 0.25) is 0 Å². The van der Waals surface area contributed by atoms with Crippen molar-refractivity contribution in [3.63, 3.8) is 0 Å². The first-order valence-electron chi connectivity index (χ1n) is 10.7. The third kappa shape index (κ3) is 6.74. The molecule has 2 amide bonds. The number of carbonyl (C=O) groups is 2. The molecule has 3 aromatic carbocycles. The quantitative estimate of drug-likeness (QED) is 0.367. The minimum Gasteiger partial charge on any atom is -0.493 e. The molecule has 0 aliphatic rings. The summed E-state index contributed by atoms with van der Waals surface area (Å²) in [6, 6.07) is 23.2. The average Bonchev–Trinajstić information content (AvgIpc) is 2.87. The molecule has 3 rings (SSSR count). The number of carbonyl (C=O) groups excluding carboxylic acids is 2. The van der Waals surface area contributed by atoms with Crippen molar-refractivity contribution in [3.05, 3.63) is 78.4 Å². The summed E-state index contributed by atoms with van der Waals surface area (Å²) < 4.78 is 16.3. The molecule has 0 fully saturated rings. The average molecular weight is 449 g/mol. The molecular weight excluding hydrogens is 420 g/mol. The summed E-state index contributed by atoms with van der Waals surface area (Å²) >= 11 is 0. The monoisotopic (exact) mass is 448 g/mol. The van der Waals surface area contributed by atoms with Gasteiger partial charge in [-0.3, -0.25) is 9.59 Å². The van der Waals surface area contributed by atoms with Gasteiger partial charge in [-0.2, -0.15) is 0 Å². The van der Waals surface area contributed by atoms with Crippen LogP contribution in [0.5, 0.6) is 17.2 Å². The molecule has 0 bridgehead atoms. The SMILES string of the molecule is COc1ccc(CCNC(=O)C(=O)NCCOc2ccccc2-c2ccccc2)cc1OC. The van der Waals surface area contributed by atoms with Crippen LogP contribution in [0.3, 0.4) is 0 Å². The molecule has 7 heteroatoms. The molecule has 0 aliphatic heterocycles. The van der Waals surface area contributed by atoms with Crippen LogP contribution in [0.1, 0.15) is 5.56 Å². The zero-order valence-electron chi connectivity index (χ0n) is 18.8. The topological polar surface area (TPSA) is 85.9 Å². The smallest absolute Gasteiger partial charge is 0.309 e. The fourth-order valence-corrected chi connectivity index (χ4v) is 3.29.